The minimum atomic E-state index is 0.892. The molecule has 3 heteroatoms. The van der Waals surface area contributed by atoms with E-state index in [2.05, 4.69) is 24.5 Å². The lowest BCUT2D eigenvalue weighted by Gasteiger charge is -2.05. The maximum absolute atomic E-state index is 5.37. The molecule has 0 heterocycles. The number of hydrogen-bond acceptors (Lipinski definition) is 3. The van der Waals surface area contributed by atoms with Gasteiger partial charge in [-0.05, 0) is 32.4 Å². The van der Waals surface area contributed by atoms with E-state index in [4.69, 9.17) is 4.74 Å². The largest absolute Gasteiger partial charge is 0.381 e. The molecule has 0 fully saturated rings. The Balaban J connectivity index is 2.78. The molecule has 0 aliphatic rings. The van der Waals surface area contributed by atoms with Gasteiger partial charge in [0.05, 0.1) is 0 Å². The third kappa shape index (κ3) is 11.9. The van der Waals surface area contributed by atoms with E-state index in [9.17, 15) is 0 Å². The fraction of sp³-hybridized carbons (Fsp3) is 1.00. The quantitative estimate of drug-likeness (QED) is 0.497. The molecule has 0 radical (unpaired) electrons. The van der Waals surface area contributed by atoms with Gasteiger partial charge in [0.2, 0.25) is 0 Å². The first-order valence-corrected chi connectivity index (χ1v) is 5.91. The highest BCUT2D eigenvalue weighted by molar-refractivity contribution is 4.51. The van der Waals surface area contributed by atoms with Crippen molar-refractivity contribution in [3.63, 3.8) is 0 Å². The zero-order valence-electron chi connectivity index (χ0n) is 9.77. The molecular formula is C11H26N2O. The fourth-order valence-electron chi connectivity index (χ4n) is 1.15. The second-order valence-corrected chi connectivity index (χ2v) is 3.47. The van der Waals surface area contributed by atoms with Crippen LogP contribution in [0.25, 0.3) is 0 Å². The van der Waals surface area contributed by atoms with E-state index in [0.29, 0.717) is 0 Å². The van der Waals surface area contributed by atoms with Crippen LogP contribution in [0.3, 0.4) is 0 Å². The van der Waals surface area contributed by atoms with Crippen molar-refractivity contribution in [2.45, 2.75) is 33.1 Å². The van der Waals surface area contributed by atoms with Gasteiger partial charge < -0.3 is 15.4 Å². The Labute approximate surface area is 88.6 Å². The van der Waals surface area contributed by atoms with E-state index in [1.165, 1.54) is 6.42 Å². The number of nitrogens with one attached hydrogen (secondary N) is 2. The molecule has 0 aliphatic heterocycles. The normalized spacial score (nSPS) is 10.7. The van der Waals surface area contributed by atoms with Crippen LogP contribution in [0.4, 0.5) is 0 Å². The molecule has 0 saturated carbocycles. The third-order valence-corrected chi connectivity index (χ3v) is 1.90. The molecule has 0 aromatic carbocycles. The Bertz CT molecular complexity index is 87.3. The molecule has 3 nitrogen and oxygen atoms in total. The Morgan fingerprint density at radius 1 is 0.786 bits per heavy atom. The Morgan fingerprint density at radius 2 is 1.50 bits per heavy atom. The number of rotatable bonds is 11. The standard InChI is InChI=1S/C11H26N2O/c1-3-6-12-8-9-13-7-5-11-14-10-4-2/h12-13H,3-11H2,1-2H3. The Morgan fingerprint density at radius 3 is 2.14 bits per heavy atom. The molecule has 86 valence electrons. The van der Waals surface area contributed by atoms with Crippen molar-refractivity contribution in [2.24, 2.45) is 0 Å². The van der Waals surface area contributed by atoms with Gasteiger partial charge >= 0.3 is 0 Å². The summed E-state index contributed by atoms with van der Waals surface area (Å²) in [6.07, 6.45) is 3.45. The maximum Gasteiger partial charge on any atom is 0.0478 e. The molecule has 14 heavy (non-hydrogen) atoms. The Kier molecular flexibility index (Phi) is 12.8. The van der Waals surface area contributed by atoms with Crippen molar-refractivity contribution < 1.29 is 4.74 Å². The van der Waals surface area contributed by atoms with E-state index in [-0.39, 0.29) is 0 Å². The van der Waals surface area contributed by atoms with Crippen molar-refractivity contribution in [3.05, 3.63) is 0 Å². The van der Waals surface area contributed by atoms with Gasteiger partial charge in [-0.2, -0.15) is 0 Å². The second-order valence-electron chi connectivity index (χ2n) is 3.47. The molecule has 0 amide bonds. The highest BCUT2D eigenvalue weighted by Gasteiger charge is 1.89. The van der Waals surface area contributed by atoms with Gasteiger partial charge in [-0.25, -0.2) is 0 Å². The molecule has 0 aliphatic carbocycles. The van der Waals surface area contributed by atoms with Crippen LogP contribution in [0.2, 0.25) is 0 Å². The Hall–Kier alpha value is -0.120. The first kappa shape index (κ1) is 13.9. The highest BCUT2D eigenvalue weighted by atomic mass is 16.5. The molecule has 0 spiro atoms. The van der Waals surface area contributed by atoms with Crippen LogP contribution < -0.4 is 10.6 Å². The van der Waals surface area contributed by atoms with Gasteiger partial charge in [-0.1, -0.05) is 13.8 Å². The summed E-state index contributed by atoms with van der Waals surface area (Å²) in [7, 11) is 0. The molecule has 0 rings (SSSR count). The molecule has 0 unspecified atom stereocenters. The lowest BCUT2D eigenvalue weighted by atomic mass is 10.4. The topological polar surface area (TPSA) is 33.3 Å². The average Bonchev–Trinajstić information content (AvgIpc) is 2.21. The molecule has 0 bridgehead atoms. The van der Waals surface area contributed by atoms with Gasteiger partial charge in [-0.3, -0.25) is 0 Å². The minimum Gasteiger partial charge on any atom is -0.381 e. The van der Waals surface area contributed by atoms with Crippen LogP contribution in [0, 0.1) is 0 Å². The molecule has 0 aromatic rings. The van der Waals surface area contributed by atoms with E-state index >= 15 is 0 Å². The van der Waals surface area contributed by atoms with Crippen LogP contribution in [0.15, 0.2) is 0 Å². The van der Waals surface area contributed by atoms with Crippen molar-refractivity contribution in [1.29, 1.82) is 0 Å². The zero-order chi connectivity index (χ0) is 10.5. The molecular weight excluding hydrogens is 176 g/mol. The first-order chi connectivity index (χ1) is 6.91. The molecule has 2 N–H and O–H groups in total. The van der Waals surface area contributed by atoms with Crippen molar-refractivity contribution >= 4 is 0 Å². The summed E-state index contributed by atoms with van der Waals surface area (Å²) in [4.78, 5) is 0. The van der Waals surface area contributed by atoms with Crippen LogP contribution in [-0.4, -0.2) is 39.4 Å². The maximum atomic E-state index is 5.37. The first-order valence-electron chi connectivity index (χ1n) is 5.91. The monoisotopic (exact) mass is 202 g/mol. The summed E-state index contributed by atoms with van der Waals surface area (Å²) >= 11 is 0. The van der Waals surface area contributed by atoms with E-state index in [1.54, 1.807) is 0 Å². The highest BCUT2D eigenvalue weighted by Crippen LogP contribution is 1.83. The van der Waals surface area contributed by atoms with E-state index in [0.717, 1.165) is 52.2 Å². The van der Waals surface area contributed by atoms with Gasteiger partial charge in [0.25, 0.3) is 0 Å². The second kappa shape index (κ2) is 12.9. The van der Waals surface area contributed by atoms with Crippen molar-refractivity contribution in [3.8, 4) is 0 Å². The van der Waals surface area contributed by atoms with Crippen molar-refractivity contribution in [2.75, 3.05) is 39.4 Å². The van der Waals surface area contributed by atoms with Crippen LogP contribution >= 0.6 is 0 Å². The smallest absolute Gasteiger partial charge is 0.0478 e. The van der Waals surface area contributed by atoms with Crippen LogP contribution in [-0.2, 0) is 4.74 Å². The summed E-state index contributed by atoms with van der Waals surface area (Å²) in [5.41, 5.74) is 0. The number of ether oxygens (including phenoxy) is 1. The van der Waals surface area contributed by atoms with E-state index < -0.39 is 0 Å². The average molecular weight is 202 g/mol. The number of hydrogen-bond donors (Lipinski definition) is 2. The summed E-state index contributed by atoms with van der Waals surface area (Å²) in [5, 5.41) is 6.73. The summed E-state index contributed by atoms with van der Waals surface area (Å²) in [6.45, 7) is 10.4. The van der Waals surface area contributed by atoms with Gasteiger partial charge in [0.15, 0.2) is 0 Å². The summed E-state index contributed by atoms with van der Waals surface area (Å²) in [6, 6.07) is 0. The zero-order valence-corrected chi connectivity index (χ0v) is 9.77. The van der Waals surface area contributed by atoms with Crippen molar-refractivity contribution in [1.82, 2.24) is 10.6 Å². The SMILES string of the molecule is CCCNCCNCCCOCCC. The summed E-state index contributed by atoms with van der Waals surface area (Å²) < 4.78 is 5.37. The minimum absolute atomic E-state index is 0.892. The van der Waals surface area contributed by atoms with Crippen LogP contribution in [0.5, 0.6) is 0 Å². The predicted octanol–water partition coefficient (Wildman–Crippen LogP) is 1.39. The van der Waals surface area contributed by atoms with Crippen LogP contribution in [0.1, 0.15) is 33.1 Å². The summed E-state index contributed by atoms with van der Waals surface area (Å²) in [5.74, 6) is 0. The lowest BCUT2D eigenvalue weighted by Crippen LogP contribution is -2.28. The fourth-order valence-corrected chi connectivity index (χ4v) is 1.15. The van der Waals surface area contributed by atoms with Gasteiger partial charge in [0, 0.05) is 26.3 Å². The molecule has 0 saturated heterocycles. The predicted molar refractivity (Wildman–Crippen MR) is 61.8 cm³/mol. The van der Waals surface area contributed by atoms with Gasteiger partial charge in [0.1, 0.15) is 0 Å². The van der Waals surface area contributed by atoms with Gasteiger partial charge in [-0.15, -0.1) is 0 Å². The van der Waals surface area contributed by atoms with E-state index in [1.807, 2.05) is 0 Å². The molecule has 0 aromatic heterocycles. The lowest BCUT2D eigenvalue weighted by molar-refractivity contribution is 0.132. The third-order valence-electron chi connectivity index (χ3n) is 1.90. The molecule has 0 atom stereocenters.